The first-order chi connectivity index (χ1) is 9.33. The molecule has 2 heteroatoms. The molecule has 2 nitrogen and oxygen atoms in total. The predicted molar refractivity (Wildman–Crippen MR) is 80.4 cm³/mol. The molecule has 106 valence electrons. The Bertz CT molecular complexity index is 371. The second-order valence-electron chi connectivity index (χ2n) is 5.57. The first-order valence-electron chi connectivity index (χ1n) is 7.73. The number of ether oxygens (including phenoxy) is 1. The topological polar surface area (TPSA) is 21.3 Å². The van der Waals surface area contributed by atoms with Crippen LogP contribution in [-0.4, -0.2) is 19.8 Å². The summed E-state index contributed by atoms with van der Waals surface area (Å²) in [5.41, 5.74) is 2.91. The van der Waals surface area contributed by atoms with Gasteiger partial charge in [0.05, 0.1) is 0 Å². The molecule has 2 atom stereocenters. The van der Waals surface area contributed by atoms with Crippen molar-refractivity contribution >= 4 is 0 Å². The zero-order valence-electron chi connectivity index (χ0n) is 12.3. The highest BCUT2D eigenvalue weighted by Gasteiger charge is 2.21. The smallest absolute Gasteiger partial charge is 0.0495 e. The Morgan fingerprint density at radius 1 is 1.37 bits per heavy atom. The van der Waals surface area contributed by atoms with Crippen molar-refractivity contribution in [2.45, 2.75) is 45.6 Å². The third kappa shape index (κ3) is 4.32. The van der Waals surface area contributed by atoms with E-state index in [2.05, 4.69) is 43.4 Å². The van der Waals surface area contributed by atoms with Gasteiger partial charge in [-0.25, -0.2) is 0 Å². The molecule has 0 bridgehead atoms. The van der Waals surface area contributed by atoms with Crippen LogP contribution in [0.15, 0.2) is 24.3 Å². The zero-order chi connectivity index (χ0) is 13.5. The van der Waals surface area contributed by atoms with Crippen molar-refractivity contribution < 1.29 is 4.74 Å². The summed E-state index contributed by atoms with van der Waals surface area (Å²) in [4.78, 5) is 0. The highest BCUT2D eigenvalue weighted by molar-refractivity contribution is 5.26. The van der Waals surface area contributed by atoms with Crippen LogP contribution in [0.2, 0.25) is 0 Å². The lowest BCUT2D eigenvalue weighted by Gasteiger charge is -2.22. The number of rotatable bonds is 7. The lowest BCUT2D eigenvalue weighted by Crippen LogP contribution is -2.23. The quantitative estimate of drug-likeness (QED) is 0.808. The molecule has 0 radical (unpaired) electrons. The molecular formula is C17H27NO. The van der Waals surface area contributed by atoms with Crippen molar-refractivity contribution in [2.24, 2.45) is 5.92 Å². The van der Waals surface area contributed by atoms with Crippen LogP contribution >= 0.6 is 0 Å². The van der Waals surface area contributed by atoms with Crippen molar-refractivity contribution in [1.29, 1.82) is 0 Å². The standard InChI is InChI=1S/C17H27NO/c1-3-6-14-7-5-8-16(11-14)17(18-4-2)12-15-9-10-19-13-15/h5,7-8,11,15,17-18H,3-4,6,9-10,12-13H2,1-2H3. The summed E-state index contributed by atoms with van der Waals surface area (Å²) in [7, 11) is 0. The maximum atomic E-state index is 5.51. The molecule has 0 amide bonds. The maximum Gasteiger partial charge on any atom is 0.0495 e. The minimum absolute atomic E-state index is 0.480. The van der Waals surface area contributed by atoms with Crippen LogP contribution in [-0.2, 0) is 11.2 Å². The second kappa shape index (κ2) is 7.66. The molecule has 1 aliphatic heterocycles. The van der Waals surface area contributed by atoms with Crippen molar-refractivity contribution in [3.63, 3.8) is 0 Å². The van der Waals surface area contributed by atoms with Crippen molar-refractivity contribution in [1.82, 2.24) is 5.32 Å². The molecule has 0 spiro atoms. The van der Waals surface area contributed by atoms with Crippen molar-refractivity contribution in [3.05, 3.63) is 35.4 Å². The van der Waals surface area contributed by atoms with E-state index in [4.69, 9.17) is 4.74 Å². The summed E-state index contributed by atoms with van der Waals surface area (Å²) in [6.45, 7) is 7.34. The van der Waals surface area contributed by atoms with E-state index in [0.717, 1.165) is 25.7 Å². The van der Waals surface area contributed by atoms with Crippen LogP contribution in [0.3, 0.4) is 0 Å². The second-order valence-corrected chi connectivity index (χ2v) is 5.57. The van der Waals surface area contributed by atoms with Crippen molar-refractivity contribution in [2.75, 3.05) is 19.8 Å². The van der Waals surface area contributed by atoms with Crippen LogP contribution < -0.4 is 5.32 Å². The third-order valence-electron chi connectivity index (χ3n) is 3.94. The van der Waals surface area contributed by atoms with Gasteiger partial charge in [0, 0.05) is 19.3 Å². The number of aryl methyl sites for hydroxylation is 1. The van der Waals surface area contributed by atoms with Gasteiger partial charge in [0.25, 0.3) is 0 Å². The van der Waals surface area contributed by atoms with E-state index in [9.17, 15) is 0 Å². The summed E-state index contributed by atoms with van der Waals surface area (Å²) in [5, 5.41) is 3.64. The molecule has 0 saturated carbocycles. The fraction of sp³-hybridized carbons (Fsp3) is 0.647. The van der Waals surface area contributed by atoms with E-state index in [1.807, 2.05) is 0 Å². The molecular weight excluding hydrogens is 234 g/mol. The van der Waals surface area contributed by atoms with E-state index >= 15 is 0 Å². The number of hydrogen-bond acceptors (Lipinski definition) is 2. The zero-order valence-corrected chi connectivity index (χ0v) is 12.3. The van der Waals surface area contributed by atoms with Crippen LogP contribution in [0.5, 0.6) is 0 Å². The fourth-order valence-electron chi connectivity index (χ4n) is 2.94. The van der Waals surface area contributed by atoms with E-state index < -0.39 is 0 Å². The molecule has 1 N–H and O–H groups in total. The minimum atomic E-state index is 0.480. The maximum absolute atomic E-state index is 5.51. The van der Waals surface area contributed by atoms with Gasteiger partial charge in [-0.2, -0.15) is 0 Å². The predicted octanol–water partition coefficient (Wildman–Crippen LogP) is 3.72. The summed E-state index contributed by atoms with van der Waals surface area (Å²) < 4.78 is 5.51. The third-order valence-corrected chi connectivity index (χ3v) is 3.94. The average Bonchev–Trinajstić information content (AvgIpc) is 2.92. The van der Waals surface area contributed by atoms with Gasteiger partial charge in [0.15, 0.2) is 0 Å². The Morgan fingerprint density at radius 2 is 2.26 bits per heavy atom. The number of hydrogen-bond donors (Lipinski definition) is 1. The van der Waals surface area contributed by atoms with Gasteiger partial charge in [-0.05, 0) is 42.9 Å². The summed E-state index contributed by atoms with van der Waals surface area (Å²) in [5.74, 6) is 0.721. The van der Waals surface area contributed by atoms with Gasteiger partial charge in [0.1, 0.15) is 0 Å². The van der Waals surface area contributed by atoms with E-state index in [0.29, 0.717) is 6.04 Å². The van der Waals surface area contributed by atoms with Crippen LogP contribution in [0.4, 0.5) is 0 Å². The first-order valence-corrected chi connectivity index (χ1v) is 7.73. The molecule has 1 fully saturated rings. The number of benzene rings is 1. The molecule has 2 rings (SSSR count). The normalized spacial score (nSPS) is 20.6. The van der Waals surface area contributed by atoms with Gasteiger partial charge in [-0.1, -0.05) is 44.5 Å². The van der Waals surface area contributed by atoms with Crippen LogP contribution in [0.25, 0.3) is 0 Å². The lowest BCUT2D eigenvalue weighted by atomic mass is 9.92. The molecule has 1 aromatic rings. The van der Waals surface area contributed by atoms with Crippen LogP contribution in [0.1, 0.15) is 50.3 Å². The van der Waals surface area contributed by atoms with Gasteiger partial charge < -0.3 is 10.1 Å². The summed E-state index contributed by atoms with van der Waals surface area (Å²) in [6, 6.07) is 9.58. The molecule has 1 aromatic carbocycles. The Kier molecular flexibility index (Phi) is 5.87. The van der Waals surface area contributed by atoms with Gasteiger partial charge >= 0.3 is 0 Å². The Morgan fingerprint density at radius 3 is 2.95 bits per heavy atom. The van der Waals surface area contributed by atoms with Gasteiger partial charge in [-0.3, -0.25) is 0 Å². The molecule has 2 unspecified atom stereocenters. The molecule has 19 heavy (non-hydrogen) atoms. The Labute approximate surface area is 117 Å². The van der Waals surface area contributed by atoms with E-state index in [-0.39, 0.29) is 0 Å². The molecule has 0 aliphatic carbocycles. The largest absolute Gasteiger partial charge is 0.381 e. The Hall–Kier alpha value is -0.860. The van der Waals surface area contributed by atoms with Gasteiger partial charge in [0.2, 0.25) is 0 Å². The molecule has 0 aromatic heterocycles. The average molecular weight is 261 g/mol. The monoisotopic (exact) mass is 261 g/mol. The molecule has 1 heterocycles. The van der Waals surface area contributed by atoms with E-state index in [1.165, 1.54) is 36.8 Å². The first kappa shape index (κ1) is 14.5. The fourth-order valence-corrected chi connectivity index (χ4v) is 2.94. The number of nitrogens with one attached hydrogen (secondary N) is 1. The summed E-state index contributed by atoms with van der Waals surface area (Å²) >= 11 is 0. The van der Waals surface area contributed by atoms with E-state index in [1.54, 1.807) is 0 Å². The molecule has 1 saturated heterocycles. The minimum Gasteiger partial charge on any atom is -0.381 e. The Balaban J connectivity index is 2.05. The molecule has 1 aliphatic rings. The summed E-state index contributed by atoms with van der Waals surface area (Å²) in [6.07, 6.45) is 4.81. The highest BCUT2D eigenvalue weighted by atomic mass is 16.5. The highest BCUT2D eigenvalue weighted by Crippen LogP contribution is 2.27. The SMILES string of the molecule is CCCc1cccc(C(CC2CCOC2)NCC)c1. The van der Waals surface area contributed by atoms with Crippen LogP contribution in [0, 0.1) is 5.92 Å². The van der Waals surface area contributed by atoms with Gasteiger partial charge in [-0.15, -0.1) is 0 Å². The lowest BCUT2D eigenvalue weighted by molar-refractivity contribution is 0.181. The van der Waals surface area contributed by atoms with Crippen molar-refractivity contribution in [3.8, 4) is 0 Å².